The molecule has 0 spiro atoms. The Balaban J connectivity index is 5.07. The highest BCUT2D eigenvalue weighted by Gasteiger charge is 2.30. The molecule has 0 rings (SSSR count). The van der Waals surface area contributed by atoms with Crippen molar-refractivity contribution in [2.24, 2.45) is 0 Å². The molecule has 0 aliphatic rings. The third-order valence-corrected chi connectivity index (χ3v) is 18.8. The SMILES string of the molecule is CCCCCCCCCCCCCCCCCCCCCCC(=O)O[C@H](COC(=O)CCCCCCCCCCCCCCCCCCCCC)COP(=O)(O)OC[C@@H](O)COP(=O)(O)OC[C@@H](COC(=O)CCCCCCC)OC(=O)CCCCCCCCC. The van der Waals surface area contributed by atoms with Crippen molar-refractivity contribution in [1.82, 2.24) is 0 Å². The van der Waals surface area contributed by atoms with E-state index in [4.69, 9.17) is 37.0 Å². The van der Waals surface area contributed by atoms with Crippen LogP contribution in [0.15, 0.2) is 0 Å². The first kappa shape index (κ1) is 89.1. The lowest BCUT2D eigenvalue weighted by atomic mass is 10.0. The fourth-order valence-electron chi connectivity index (χ4n) is 11.0. The Bertz CT molecular complexity index is 1740. The number of ether oxygens (including phenoxy) is 4. The van der Waals surface area contributed by atoms with Crippen LogP contribution in [0, 0.1) is 0 Å². The van der Waals surface area contributed by atoms with Crippen LogP contribution in [0.5, 0.6) is 0 Å². The minimum Gasteiger partial charge on any atom is -0.462 e. The van der Waals surface area contributed by atoms with Crippen molar-refractivity contribution in [3.63, 3.8) is 0 Å². The van der Waals surface area contributed by atoms with Crippen LogP contribution in [0.25, 0.3) is 0 Å². The topological polar surface area (TPSA) is 237 Å². The number of esters is 4. The zero-order chi connectivity index (χ0) is 66.8. The third-order valence-electron chi connectivity index (χ3n) is 16.9. The van der Waals surface area contributed by atoms with Gasteiger partial charge < -0.3 is 33.8 Å². The van der Waals surface area contributed by atoms with Gasteiger partial charge >= 0.3 is 39.5 Å². The van der Waals surface area contributed by atoms with E-state index in [-0.39, 0.29) is 25.7 Å². The number of hydrogen-bond donors (Lipinski definition) is 3. The number of carbonyl (C=O) groups excluding carboxylic acids is 4. The standard InChI is InChI=1S/C72H140O17P2/c1-5-9-13-17-20-22-24-26-28-30-32-34-36-38-40-42-44-47-51-55-59-72(77)89-68(63-83-70(75)57-53-49-46-43-41-39-37-35-33-31-29-27-25-23-21-18-14-10-6-2)65-87-91(80,81)85-61-66(73)60-84-90(78,79)86-64-67(62-82-69(74)56-52-48-16-12-8-4)88-71(76)58-54-50-45-19-15-11-7-3/h66-68,73H,5-65H2,1-4H3,(H,78,79)(H,80,81)/t66-,67+,68+/m0/s1. The molecule has 91 heavy (non-hydrogen) atoms. The minimum atomic E-state index is -4.95. The van der Waals surface area contributed by atoms with Crippen LogP contribution in [0.1, 0.15) is 381 Å². The lowest BCUT2D eigenvalue weighted by Crippen LogP contribution is -2.30. The van der Waals surface area contributed by atoms with E-state index in [1.165, 1.54) is 193 Å². The number of aliphatic hydroxyl groups excluding tert-OH is 1. The highest BCUT2D eigenvalue weighted by molar-refractivity contribution is 7.47. The second-order valence-electron chi connectivity index (χ2n) is 26.0. The van der Waals surface area contributed by atoms with Crippen molar-refractivity contribution in [3.05, 3.63) is 0 Å². The van der Waals surface area contributed by atoms with Gasteiger partial charge in [-0.05, 0) is 25.7 Å². The number of unbranched alkanes of at least 4 members (excludes halogenated alkanes) is 47. The number of phosphoric ester groups is 2. The third kappa shape index (κ3) is 66.5. The summed E-state index contributed by atoms with van der Waals surface area (Å²) < 4.78 is 68.0. The van der Waals surface area contributed by atoms with Gasteiger partial charge in [0.2, 0.25) is 0 Å². The average Bonchev–Trinajstić information content (AvgIpc) is 3.59. The van der Waals surface area contributed by atoms with E-state index in [1.807, 2.05) is 0 Å². The molecule has 540 valence electrons. The Morgan fingerprint density at radius 1 is 0.264 bits per heavy atom. The summed E-state index contributed by atoms with van der Waals surface area (Å²) in [7, 11) is -9.88. The van der Waals surface area contributed by atoms with Crippen LogP contribution in [0.4, 0.5) is 0 Å². The number of aliphatic hydroxyl groups is 1. The minimum absolute atomic E-state index is 0.103. The molecule has 2 unspecified atom stereocenters. The first-order valence-corrected chi connectivity index (χ1v) is 40.8. The van der Waals surface area contributed by atoms with Gasteiger partial charge in [0.15, 0.2) is 12.2 Å². The van der Waals surface area contributed by atoms with Gasteiger partial charge in [0.1, 0.15) is 19.3 Å². The van der Waals surface area contributed by atoms with Crippen LogP contribution in [0.3, 0.4) is 0 Å². The molecule has 0 aromatic carbocycles. The maximum absolute atomic E-state index is 13.1. The maximum atomic E-state index is 13.1. The van der Waals surface area contributed by atoms with Gasteiger partial charge in [0.25, 0.3) is 0 Å². The van der Waals surface area contributed by atoms with Gasteiger partial charge in [-0.3, -0.25) is 37.3 Å². The molecule has 19 heteroatoms. The normalized spacial score (nSPS) is 14.0. The predicted octanol–water partition coefficient (Wildman–Crippen LogP) is 21.1. The molecule has 0 bridgehead atoms. The quantitative estimate of drug-likeness (QED) is 0.0222. The van der Waals surface area contributed by atoms with Gasteiger partial charge in [0.05, 0.1) is 26.4 Å². The van der Waals surface area contributed by atoms with Crippen molar-refractivity contribution in [3.8, 4) is 0 Å². The van der Waals surface area contributed by atoms with Crippen LogP contribution >= 0.6 is 15.6 Å². The van der Waals surface area contributed by atoms with Crippen molar-refractivity contribution >= 4 is 39.5 Å². The lowest BCUT2D eigenvalue weighted by Gasteiger charge is -2.21. The second-order valence-corrected chi connectivity index (χ2v) is 28.9. The molecular formula is C72H140O17P2. The summed E-state index contributed by atoms with van der Waals surface area (Å²) in [6.45, 7) is 4.82. The highest BCUT2D eigenvalue weighted by Crippen LogP contribution is 2.45. The molecule has 0 amide bonds. The first-order valence-electron chi connectivity index (χ1n) is 37.8. The maximum Gasteiger partial charge on any atom is 0.472 e. The van der Waals surface area contributed by atoms with Crippen LogP contribution in [-0.4, -0.2) is 96.7 Å². The monoisotopic (exact) mass is 1340 g/mol. The van der Waals surface area contributed by atoms with E-state index >= 15 is 0 Å². The van der Waals surface area contributed by atoms with Gasteiger partial charge in [-0.2, -0.15) is 0 Å². The van der Waals surface area contributed by atoms with Crippen molar-refractivity contribution in [2.75, 3.05) is 39.6 Å². The van der Waals surface area contributed by atoms with Gasteiger partial charge in [0, 0.05) is 25.7 Å². The number of hydrogen-bond acceptors (Lipinski definition) is 15. The largest absolute Gasteiger partial charge is 0.472 e. The molecule has 0 heterocycles. The summed E-state index contributed by atoms with van der Waals surface area (Å²) in [5.74, 6) is -2.14. The Kier molecular flexibility index (Phi) is 65.2. The molecule has 5 atom stereocenters. The second kappa shape index (κ2) is 66.7. The molecule has 17 nitrogen and oxygen atoms in total. The molecule has 0 saturated heterocycles. The van der Waals surface area contributed by atoms with Gasteiger partial charge in [-0.15, -0.1) is 0 Å². The molecule has 0 aromatic heterocycles. The molecule has 0 radical (unpaired) electrons. The number of rotatable bonds is 73. The van der Waals surface area contributed by atoms with Crippen molar-refractivity contribution < 1.29 is 80.2 Å². The number of carbonyl (C=O) groups is 4. The van der Waals surface area contributed by atoms with E-state index in [0.29, 0.717) is 25.7 Å². The summed E-state index contributed by atoms with van der Waals surface area (Å²) in [5.41, 5.74) is 0. The Hall–Kier alpha value is -1.94. The number of phosphoric acid groups is 2. The predicted molar refractivity (Wildman–Crippen MR) is 368 cm³/mol. The molecule has 3 N–H and O–H groups in total. The van der Waals surface area contributed by atoms with E-state index in [0.717, 1.165) is 109 Å². The highest BCUT2D eigenvalue weighted by atomic mass is 31.2. The fraction of sp³-hybridized carbons (Fsp3) is 0.944. The van der Waals surface area contributed by atoms with E-state index < -0.39 is 97.5 Å². The Morgan fingerprint density at radius 3 is 0.648 bits per heavy atom. The molecule has 0 saturated carbocycles. The van der Waals surface area contributed by atoms with Crippen molar-refractivity contribution in [2.45, 2.75) is 399 Å². The fourth-order valence-corrected chi connectivity index (χ4v) is 12.6. The van der Waals surface area contributed by atoms with E-state index in [9.17, 15) is 43.2 Å². The van der Waals surface area contributed by atoms with E-state index in [1.54, 1.807) is 0 Å². The molecule has 0 aliphatic carbocycles. The summed E-state index contributed by atoms with van der Waals surface area (Å²) in [4.78, 5) is 72.1. The Morgan fingerprint density at radius 2 is 0.440 bits per heavy atom. The van der Waals surface area contributed by atoms with Crippen LogP contribution in [0.2, 0.25) is 0 Å². The smallest absolute Gasteiger partial charge is 0.462 e. The summed E-state index contributed by atoms with van der Waals surface area (Å²) in [6, 6.07) is 0. The molecular weight excluding hydrogens is 1200 g/mol. The summed E-state index contributed by atoms with van der Waals surface area (Å²) >= 11 is 0. The zero-order valence-corrected chi connectivity index (χ0v) is 60.6. The van der Waals surface area contributed by atoms with E-state index in [2.05, 4.69) is 27.7 Å². The Labute approximate surface area is 556 Å². The molecule has 0 aliphatic heterocycles. The van der Waals surface area contributed by atoms with Crippen LogP contribution in [-0.2, 0) is 65.4 Å². The summed E-state index contributed by atoms with van der Waals surface area (Å²) in [5, 5.41) is 10.5. The zero-order valence-electron chi connectivity index (χ0n) is 58.8. The molecule has 0 fully saturated rings. The summed E-state index contributed by atoms with van der Waals surface area (Å²) in [6.07, 6.45) is 56.3. The van der Waals surface area contributed by atoms with Crippen molar-refractivity contribution in [1.29, 1.82) is 0 Å². The first-order chi connectivity index (χ1) is 44.2. The van der Waals surface area contributed by atoms with Crippen LogP contribution < -0.4 is 0 Å². The van der Waals surface area contributed by atoms with Gasteiger partial charge in [-0.1, -0.05) is 329 Å². The lowest BCUT2D eigenvalue weighted by molar-refractivity contribution is -0.161. The molecule has 0 aromatic rings. The average molecular weight is 1340 g/mol. The van der Waals surface area contributed by atoms with Gasteiger partial charge in [-0.25, -0.2) is 9.13 Å².